The summed E-state index contributed by atoms with van der Waals surface area (Å²) < 4.78 is 6.03. The number of hydrogen-bond acceptors (Lipinski definition) is 4. The summed E-state index contributed by atoms with van der Waals surface area (Å²) in [6, 6.07) is 10.0. The van der Waals surface area contributed by atoms with E-state index >= 15 is 0 Å². The van der Waals surface area contributed by atoms with Crippen molar-refractivity contribution in [3.63, 3.8) is 0 Å². The second kappa shape index (κ2) is 4.78. The minimum atomic E-state index is 0.0845. The van der Waals surface area contributed by atoms with Gasteiger partial charge in [0.05, 0.1) is 5.69 Å². The first-order chi connectivity index (χ1) is 11.3. The lowest BCUT2D eigenvalue weighted by Gasteiger charge is -2.23. The number of hydrogen-bond donors (Lipinski definition) is 1. The van der Waals surface area contributed by atoms with Crippen molar-refractivity contribution in [2.75, 3.05) is 0 Å². The first-order valence-electron chi connectivity index (χ1n) is 8.21. The predicted molar refractivity (Wildman–Crippen MR) is 84.6 cm³/mol. The van der Waals surface area contributed by atoms with Gasteiger partial charge in [-0.1, -0.05) is 18.2 Å². The number of rotatable bonds is 2. The summed E-state index contributed by atoms with van der Waals surface area (Å²) >= 11 is 0. The molecule has 1 fully saturated rings. The smallest absolute Gasteiger partial charge is 0.243 e. The first kappa shape index (κ1) is 13.0. The number of hydrazone groups is 1. The maximum Gasteiger partial charge on any atom is 0.243 e. The summed E-state index contributed by atoms with van der Waals surface area (Å²) in [4.78, 5) is 16.2. The summed E-state index contributed by atoms with van der Waals surface area (Å²) in [5.41, 5.74) is 5.94. The Morgan fingerprint density at radius 1 is 1.17 bits per heavy atom. The van der Waals surface area contributed by atoms with Crippen molar-refractivity contribution in [2.24, 2.45) is 22.9 Å². The van der Waals surface area contributed by atoms with Crippen molar-refractivity contribution in [2.45, 2.75) is 25.7 Å². The number of carbonyl (C=O) groups excluding carboxylic acids is 1. The Kier molecular flexibility index (Phi) is 2.71. The molecule has 0 saturated heterocycles. The summed E-state index contributed by atoms with van der Waals surface area (Å²) in [7, 11) is 0. The van der Waals surface area contributed by atoms with Crippen LogP contribution in [0, 0.1) is 17.8 Å². The normalized spacial score (nSPS) is 28.4. The highest BCUT2D eigenvalue weighted by atomic mass is 16.4. The number of amides is 1. The molecule has 1 aromatic heterocycles. The zero-order valence-electron chi connectivity index (χ0n) is 12.7. The fourth-order valence-electron chi connectivity index (χ4n) is 3.82. The molecule has 116 valence electrons. The van der Waals surface area contributed by atoms with Gasteiger partial charge < -0.3 is 4.42 Å². The number of aromatic nitrogens is 1. The summed E-state index contributed by atoms with van der Waals surface area (Å²) in [6.45, 7) is 0. The van der Waals surface area contributed by atoms with Crippen LogP contribution in [-0.2, 0) is 17.6 Å². The lowest BCUT2D eigenvalue weighted by atomic mass is 9.84. The van der Waals surface area contributed by atoms with E-state index in [1.165, 1.54) is 0 Å². The van der Waals surface area contributed by atoms with E-state index in [9.17, 15) is 4.79 Å². The molecular weight excluding hydrogens is 290 g/mol. The van der Waals surface area contributed by atoms with E-state index in [2.05, 4.69) is 15.5 Å². The second-order valence-electron chi connectivity index (χ2n) is 6.66. The van der Waals surface area contributed by atoms with Crippen LogP contribution in [0.3, 0.4) is 0 Å². The quantitative estimate of drug-likeness (QED) is 0.927. The van der Waals surface area contributed by atoms with Crippen LogP contribution in [0.4, 0.5) is 0 Å². The van der Waals surface area contributed by atoms with E-state index in [1.807, 2.05) is 30.3 Å². The van der Waals surface area contributed by atoms with Gasteiger partial charge in [0.15, 0.2) is 0 Å². The monoisotopic (exact) mass is 307 g/mol. The average molecular weight is 307 g/mol. The molecule has 2 aliphatic carbocycles. The molecule has 0 bridgehead atoms. The van der Waals surface area contributed by atoms with Crippen LogP contribution in [0.1, 0.15) is 24.3 Å². The number of nitrogens with one attached hydrogen (secondary N) is 1. The maximum atomic E-state index is 11.6. The van der Waals surface area contributed by atoms with Gasteiger partial charge in [-0.25, -0.2) is 10.4 Å². The molecule has 1 aromatic carbocycles. The number of carbonyl (C=O) groups is 1. The molecule has 23 heavy (non-hydrogen) atoms. The van der Waals surface area contributed by atoms with E-state index in [4.69, 9.17) is 4.42 Å². The number of benzene rings is 1. The minimum absolute atomic E-state index is 0.0845. The lowest BCUT2D eigenvalue weighted by Crippen LogP contribution is -2.34. The third kappa shape index (κ3) is 2.11. The Bertz CT molecular complexity index is 809. The van der Waals surface area contributed by atoms with E-state index in [0.717, 1.165) is 48.4 Å². The Balaban J connectivity index is 1.41. The van der Waals surface area contributed by atoms with E-state index < -0.39 is 0 Å². The molecule has 1 aliphatic heterocycles. The van der Waals surface area contributed by atoms with Gasteiger partial charge in [0.2, 0.25) is 11.8 Å². The average Bonchev–Trinajstić information content (AvgIpc) is 3.28. The molecule has 1 amide bonds. The fourth-order valence-corrected chi connectivity index (χ4v) is 3.82. The molecule has 0 spiro atoms. The predicted octanol–water partition coefficient (Wildman–Crippen LogP) is 2.57. The number of fused-ring (bicyclic) bond motifs is 2. The Labute approximate surface area is 133 Å². The maximum absolute atomic E-state index is 11.6. The van der Waals surface area contributed by atoms with E-state index in [-0.39, 0.29) is 11.8 Å². The van der Waals surface area contributed by atoms with Crippen molar-refractivity contribution in [3.8, 4) is 11.5 Å². The van der Waals surface area contributed by atoms with Gasteiger partial charge in [-0.3, -0.25) is 4.79 Å². The van der Waals surface area contributed by atoms with Gasteiger partial charge >= 0.3 is 0 Å². The van der Waals surface area contributed by atoms with Crippen molar-refractivity contribution < 1.29 is 9.21 Å². The highest BCUT2D eigenvalue weighted by Crippen LogP contribution is 2.45. The zero-order valence-corrected chi connectivity index (χ0v) is 12.7. The van der Waals surface area contributed by atoms with E-state index in [0.29, 0.717) is 17.7 Å². The van der Waals surface area contributed by atoms with Crippen LogP contribution in [0.2, 0.25) is 0 Å². The molecule has 1 N–H and O–H groups in total. The molecule has 3 atom stereocenters. The Hall–Kier alpha value is -2.43. The van der Waals surface area contributed by atoms with Crippen LogP contribution < -0.4 is 5.43 Å². The zero-order chi connectivity index (χ0) is 15.4. The third-order valence-electron chi connectivity index (χ3n) is 5.18. The molecule has 2 heterocycles. The number of oxazole rings is 1. The number of aryl methyl sites for hydroxylation is 1. The van der Waals surface area contributed by atoms with Crippen molar-refractivity contribution >= 4 is 11.6 Å². The van der Waals surface area contributed by atoms with Crippen molar-refractivity contribution in [3.05, 3.63) is 41.8 Å². The van der Waals surface area contributed by atoms with Gasteiger partial charge in [0.25, 0.3) is 0 Å². The highest BCUT2D eigenvalue weighted by molar-refractivity contribution is 6.01. The summed E-state index contributed by atoms with van der Waals surface area (Å²) in [5.74, 6) is 2.68. The molecule has 0 radical (unpaired) electrons. The summed E-state index contributed by atoms with van der Waals surface area (Å²) in [6.07, 6.45) is 3.75. The van der Waals surface area contributed by atoms with Gasteiger partial charge in [0.1, 0.15) is 5.76 Å². The minimum Gasteiger partial charge on any atom is -0.441 e. The summed E-state index contributed by atoms with van der Waals surface area (Å²) in [5, 5.41) is 4.35. The molecule has 5 rings (SSSR count). The topological polar surface area (TPSA) is 67.5 Å². The van der Waals surface area contributed by atoms with Crippen LogP contribution in [0.5, 0.6) is 0 Å². The molecule has 5 heteroatoms. The van der Waals surface area contributed by atoms with Gasteiger partial charge in [-0.2, -0.15) is 5.10 Å². The van der Waals surface area contributed by atoms with E-state index in [1.54, 1.807) is 0 Å². The lowest BCUT2D eigenvalue weighted by molar-refractivity contribution is -0.122. The first-order valence-corrected chi connectivity index (χ1v) is 8.21. The van der Waals surface area contributed by atoms with Crippen LogP contribution in [-0.4, -0.2) is 16.6 Å². The van der Waals surface area contributed by atoms with Crippen molar-refractivity contribution in [1.29, 1.82) is 0 Å². The third-order valence-corrected chi connectivity index (χ3v) is 5.18. The SMILES string of the molecule is O=C1NN=C([C@H]2CCc3nc(-c4ccccc4)oc3C2)[C@H]2C[C@@H]12. The molecule has 2 aromatic rings. The fraction of sp³-hybridized carbons (Fsp3) is 0.389. The highest BCUT2D eigenvalue weighted by Gasteiger charge is 2.51. The van der Waals surface area contributed by atoms with Crippen LogP contribution in [0.25, 0.3) is 11.5 Å². The molecule has 5 nitrogen and oxygen atoms in total. The largest absolute Gasteiger partial charge is 0.441 e. The van der Waals surface area contributed by atoms with Gasteiger partial charge in [-0.05, 0) is 31.4 Å². The van der Waals surface area contributed by atoms with Gasteiger partial charge in [0, 0.05) is 35.4 Å². The number of nitrogens with zero attached hydrogens (tertiary/aromatic N) is 2. The molecular formula is C18H17N3O2. The second-order valence-corrected chi connectivity index (χ2v) is 6.66. The van der Waals surface area contributed by atoms with Crippen LogP contribution in [0.15, 0.2) is 39.9 Å². The molecule has 0 unspecified atom stereocenters. The Morgan fingerprint density at radius 3 is 2.91 bits per heavy atom. The van der Waals surface area contributed by atoms with Crippen LogP contribution >= 0.6 is 0 Å². The standard InChI is InChI=1S/C18H17N3O2/c22-17-13-9-12(13)16(20-21-17)11-6-7-14-15(8-11)23-18(19-14)10-4-2-1-3-5-10/h1-5,11-13H,6-9H2,(H,21,22)/t11-,12-,13+/m0/s1. The van der Waals surface area contributed by atoms with Crippen molar-refractivity contribution in [1.82, 2.24) is 10.4 Å². The van der Waals surface area contributed by atoms with Gasteiger partial charge in [-0.15, -0.1) is 0 Å². The molecule has 3 aliphatic rings. The molecule has 1 saturated carbocycles. The Morgan fingerprint density at radius 2 is 2.04 bits per heavy atom.